The lowest BCUT2D eigenvalue weighted by Crippen LogP contribution is -2.13. The van der Waals surface area contributed by atoms with Crippen LogP contribution in [0.3, 0.4) is 0 Å². The first-order chi connectivity index (χ1) is 13.5. The molecule has 0 unspecified atom stereocenters. The first kappa shape index (κ1) is 20.0. The summed E-state index contributed by atoms with van der Waals surface area (Å²) in [5.41, 5.74) is 2.78. The molecule has 5 heteroatoms. The van der Waals surface area contributed by atoms with Crippen LogP contribution < -0.4 is 9.47 Å². The van der Waals surface area contributed by atoms with Crippen molar-refractivity contribution in [3.8, 4) is 11.5 Å². The van der Waals surface area contributed by atoms with E-state index in [0.29, 0.717) is 12.4 Å². The normalized spacial score (nSPS) is 11.0. The van der Waals surface area contributed by atoms with Crippen LogP contribution in [-0.4, -0.2) is 37.8 Å². The quantitative estimate of drug-likeness (QED) is 0.403. The molecule has 1 heterocycles. The van der Waals surface area contributed by atoms with Gasteiger partial charge in [0.25, 0.3) is 0 Å². The summed E-state index contributed by atoms with van der Waals surface area (Å²) in [5, 5.41) is 2.11. The van der Waals surface area contributed by atoms with E-state index in [1.165, 1.54) is 0 Å². The Labute approximate surface area is 165 Å². The lowest BCUT2D eigenvalue weighted by molar-refractivity contribution is 0.0921. The maximum atomic E-state index is 12.7. The molecule has 2 aromatic carbocycles. The van der Waals surface area contributed by atoms with Crippen LogP contribution in [0.25, 0.3) is 10.8 Å². The van der Waals surface area contributed by atoms with E-state index in [1.807, 2.05) is 56.3 Å². The van der Waals surface area contributed by atoms with E-state index >= 15 is 0 Å². The maximum absolute atomic E-state index is 12.7. The average Bonchev–Trinajstić information content (AvgIpc) is 2.99. The van der Waals surface area contributed by atoms with Gasteiger partial charge in [-0.2, -0.15) is 0 Å². The molecule has 28 heavy (non-hydrogen) atoms. The third-order valence-corrected chi connectivity index (χ3v) is 4.99. The van der Waals surface area contributed by atoms with Crippen LogP contribution in [0.4, 0.5) is 0 Å². The first-order valence-electron chi connectivity index (χ1n) is 9.43. The van der Waals surface area contributed by atoms with Gasteiger partial charge in [-0.25, -0.2) is 0 Å². The van der Waals surface area contributed by atoms with Gasteiger partial charge in [0.2, 0.25) is 5.78 Å². The molecule has 0 radical (unpaired) electrons. The maximum Gasteiger partial charge on any atom is 0.202 e. The Morgan fingerprint density at radius 2 is 1.68 bits per heavy atom. The summed E-state index contributed by atoms with van der Waals surface area (Å²) in [6.45, 7) is 5.56. The highest BCUT2D eigenvalue weighted by Gasteiger charge is 2.16. The number of ketones is 1. The van der Waals surface area contributed by atoms with Crippen molar-refractivity contribution in [1.29, 1.82) is 0 Å². The minimum Gasteiger partial charge on any atom is -0.497 e. The van der Waals surface area contributed by atoms with Crippen molar-refractivity contribution < 1.29 is 19.0 Å². The molecule has 5 nitrogen and oxygen atoms in total. The largest absolute Gasteiger partial charge is 0.497 e. The number of fused-ring (bicyclic) bond motifs is 1. The van der Waals surface area contributed by atoms with E-state index in [4.69, 9.17) is 14.2 Å². The number of benzene rings is 2. The number of carbonyl (C=O) groups excluding carboxylic acids is 1. The molecule has 0 aliphatic rings. The second kappa shape index (κ2) is 8.93. The lowest BCUT2D eigenvalue weighted by atomic mass is 10.1. The minimum atomic E-state index is -0.0168. The summed E-state index contributed by atoms with van der Waals surface area (Å²) < 4.78 is 18.3. The fourth-order valence-electron chi connectivity index (χ4n) is 3.44. The number of hydrogen-bond acceptors (Lipinski definition) is 4. The predicted molar refractivity (Wildman–Crippen MR) is 111 cm³/mol. The fraction of sp³-hybridized carbons (Fsp3) is 0.348. The molecule has 0 bridgehead atoms. The van der Waals surface area contributed by atoms with Gasteiger partial charge in [-0.05, 0) is 61.4 Å². The number of rotatable bonds is 9. The summed E-state index contributed by atoms with van der Waals surface area (Å²) in [6, 6.07) is 13.6. The molecule has 0 aliphatic heterocycles. The molecule has 1 aromatic heterocycles. The number of carbonyl (C=O) groups is 1. The fourth-order valence-corrected chi connectivity index (χ4v) is 3.44. The second-order valence-electron chi connectivity index (χ2n) is 6.87. The number of aryl methyl sites for hydroxylation is 1. The topological polar surface area (TPSA) is 49.7 Å². The Balaban J connectivity index is 1.70. The van der Waals surface area contributed by atoms with Crippen molar-refractivity contribution in [2.75, 3.05) is 27.4 Å². The van der Waals surface area contributed by atoms with Gasteiger partial charge >= 0.3 is 0 Å². The van der Waals surface area contributed by atoms with Crippen LogP contribution in [0.2, 0.25) is 0 Å². The molecule has 0 fully saturated rings. The van der Waals surface area contributed by atoms with Crippen LogP contribution >= 0.6 is 0 Å². The van der Waals surface area contributed by atoms with E-state index < -0.39 is 0 Å². The van der Waals surface area contributed by atoms with Crippen LogP contribution in [0.15, 0.2) is 42.5 Å². The standard InChI is InChI=1S/C23H27NO4/c1-16-12-22(17(2)24(16)10-5-11-26-3)23(25)15-28-21-9-7-18-6-8-20(27-4)13-19(18)14-21/h6-9,12-14H,5,10-11,15H2,1-4H3. The molecule has 3 aromatic rings. The Morgan fingerprint density at radius 1 is 0.964 bits per heavy atom. The number of aromatic nitrogens is 1. The van der Waals surface area contributed by atoms with Gasteiger partial charge in [0.1, 0.15) is 11.5 Å². The van der Waals surface area contributed by atoms with Crippen molar-refractivity contribution in [2.45, 2.75) is 26.8 Å². The van der Waals surface area contributed by atoms with Crippen LogP contribution in [0, 0.1) is 13.8 Å². The van der Waals surface area contributed by atoms with E-state index in [-0.39, 0.29) is 12.4 Å². The highest BCUT2D eigenvalue weighted by molar-refractivity contribution is 5.98. The van der Waals surface area contributed by atoms with Gasteiger partial charge < -0.3 is 18.8 Å². The molecule has 0 amide bonds. The van der Waals surface area contributed by atoms with Crippen molar-refractivity contribution >= 4 is 16.6 Å². The average molecular weight is 381 g/mol. The molecule has 3 rings (SSSR count). The number of nitrogens with zero attached hydrogens (tertiary/aromatic N) is 1. The monoisotopic (exact) mass is 381 g/mol. The molecule has 148 valence electrons. The molecule has 0 atom stereocenters. The van der Waals surface area contributed by atoms with Gasteiger partial charge in [-0.15, -0.1) is 0 Å². The zero-order valence-electron chi connectivity index (χ0n) is 17.0. The summed E-state index contributed by atoms with van der Waals surface area (Å²) in [6.07, 6.45) is 0.914. The summed E-state index contributed by atoms with van der Waals surface area (Å²) >= 11 is 0. The second-order valence-corrected chi connectivity index (χ2v) is 6.87. The molecule has 0 N–H and O–H groups in total. The SMILES string of the molecule is COCCCn1c(C)cc(C(=O)COc2ccc3ccc(OC)cc3c2)c1C. The predicted octanol–water partition coefficient (Wildman–Crippen LogP) is 4.56. The minimum absolute atomic E-state index is 0.0117. The summed E-state index contributed by atoms with van der Waals surface area (Å²) in [7, 11) is 3.34. The molecule has 0 aliphatic carbocycles. The van der Waals surface area contributed by atoms with Gasteiger partial charge in [-0.3, -0.25) is 4.79 Å². The Hall–Kier alpha value is -2.79. The van der Waals surface area contributed by atoms with Crippen molar-refractivity contribution in [3.63, 3.8) is 0 Å². The third kappa shape index (κ3) is 4.37. The molecular formula is C23H27NO4. The van der Waals surface area contributed by atoms with Gasteiger partial charge in [-0.1, -0.05) is 12.1 Å². The van der Waals surface area contributed by atoms with E-state index in [9.17, 15) is 4.79 Å². The summed E-state index contributed by atoms with van der Waals surface area (Å²) in [5.74, 6) is 1.45. The molecule has 0 spiro atoms. The molecular weight excluding hydrogens is 354 g/mol. The lowest BCUT2D eigenvalue weighted by Gasteiger charge is -2.10. The van der Waals surface area contributed by atoms with Crippen molar-refractivity contribution in [1.82, 2.24) is 4.57 Å². The van der Waals surface area contributed by atoms with E-state index in [1.54, 1.807) is 14.2 Å². The van der Waals surface area contributed by atoms with Crippen LogP contribution in [0.1, 0.15) is 28.2 Å². The van der Waals surface area contributed by atoms with E-state index in [0.717, 1.165) is 46.4 Å². The Bertz CT molecular complexity index is 974. The number of hydrogen-bond donors (Lipinski definition) is 0. The summed E-state index contributed by atoms with van der Waals surface area (Å²) in [4.78, 5) is 12.7. The number of methoxy groups -OCH3 is 2. The van der Waals surface area contributed by atoms with Gasteiger partial charge in [0.15, 0.2) is 6.61 Å². The zero-order chi connectivity index (χ0) is 20.1. The van der Waals surface area contributed by atoms with Crippen LogP contribution in [-0.2, 0) is 11.3 Å². The van der Waals surface area contributed by atoms with Gasteiger partial charge in [0, 0.05) is 37.2 Å². The van der Waals surface area contributed by atoms with E-state index in [2.05, 4.69) is 4.57 Å². The van der Waals surface area contributed by atoms with Crippen LogP contribution in [0.5, 0.6) is 11.5 Å². The van der Waals surface area contributed by atoms with Crippen molar-refractivity contribution in [3.05, 3.63) is 59.4 Å². The Morgan fingerprint density at radius 3 is 2.39 bits per heavy atom. The highest BCUT2D eigenvalue weighted by atomic mass is 16.5. The zero-order valence-corrected chi connectivity index (χ0v) is 17.0. The highest BCUT2D eigenvalue weighted by Crippen LogP contribution is 2.25. The molecule has 0 saturated heterocycles. The number of ether oxygens (including phenoxy) is 3. The first-order valence-corrected chi connectivity index (χ1v) is 9.43. The number of Topliss-reactive ketones (excluding diaryl/α,β-unsaturated/α-hetero) is 1. The molecule has 0 saturated carbocycles. The Kier molecular flexibility index (Phi) is 6.37. The third-order valence-electron chi connectivity index (χ3n) is 4.99. The van der Waals surface area contributed by atoms with Gasteiger partial charge in [0.05, 0.1) is 7.11 Å². The van der Waals surface area contributed by atoms with Crippen molar-refractivity contribution in [2.24, 2.45) is 0 Å². The smallest absolute Gasteiger partial charge is 0.202 e.